The summed E-state index contributed by atoms with van der Waals surface area (Å²) in [4.78, 5) is 20.2. The molecule has 7 heteroatoms. The Morgan fingerprint density at radius 2 is 2.40 bits per heavy atom. The lowest BCUT2D eigenvalue weighted by atomic mass is 10.2. The summed E-state index contributed by atoms with van der Waals surface area (Å²) in [6.45, 7) is 6.86. The smallest absolute Gasteiger partial charge is 0.225 e. The van der Waals surface area contributed by atoms with Crippen LogP contribution in [0.3, 0.4) is 0 Å². The number of hydrogen-bond acceptors (Lipinski definition) is 5. The van der Waals surface area contributed by atoms with Gasteiger partial charge in [-0.05, 0) is 26.3 Å². The third-order valence-corrected chi connectivity index (χ3v) is 4.52. The highest BCUT2D eigenvalue weighted by molar-refractivity contribution is 7.14. The Kier molecular flexibility index (Phi) is 6.88. The summed E-state index contributed by atoms with van der Waals surface area (Å²) in [5.41, 5.74) is 6.82. The van der Waals surface area contributed by atoms with Crippen molar-refractivity contribution in [2.24, 2.45) is 5.73 Å². The molecule has 2 rings (SSSR count). The van der Waals surface area contributed by atoms with Gasteiger partial charge in [0.25, 0.3) is 0 Å². The SMILES string of the molecule is CCN(C(C)=O)c1nc(CN2CCCC2CN)cs1.Cl. The predicted molar refractivity (Wildman–Crippen MR) is 85.5 cm³/mol. The van der Waals surface area contributed by atoms with Crippen LogP contribution < -0.4 is 10.6 Å². The van der Waals surface area contributed by atoms with Crippen molar-refractivity contribution in [1.82, 2.24) is 9.88 Å². The second-order valence-corrected chi connectivity index (χ2v) is 5.72. The molecule has 5 nitrogen and oxygen atoms in total. The van der Waals surface area contributed by atoms with E-state index in [4.69, 9.17) is 5.73 Å². The van der Waals surface area contributed by atoms with E-state index in [2.05, 4.69) is 9.88 Å². The maximum atomic E-state index is 11.5. The highest BCUT2D eigenvalue weighted by atomic mass is 35.5. The number of amides is 1. The molecule has 0 radical (unpaired) electrons. The zero-order valence-electron chi connectivity index (χ0n) is 12.0. The minimum atomic E-state index is 0. The van der Waals surface area contributed by atoms with Crippen LogP contribution in [0.4, 0.5) is 5.13 Å². The Balaban J connectivity index is 0.00000200. The zero-order valence-corrected chi connectivity index (χ0v) is 13.7. The molecule has 0 aliphatic carbocycles. The van der Waals surface area contributed by atoms with Crippen molar-refractivity contribution in [3.05, 3.63) is 11.1 Å². The van der Waals surface area contributed by atoms with Crippen molar-refractivity contribution < 1.29 is 4.79 Å². The molecule has 0 spiro atoms. The van der Waals surface area contributed by atoms with Crippen LogP contribution >= 0.6 is 23.7 Å². The van der Waals surface area contributed by atoms with E-state index in [1.807, 2.05) is 12.3 Å². The molecule has 20 heavy (non-hydrogen) atoms. The quantitative estimate of drug-likeness (QED) is 0.900. The Hall–Kier alpha value is -0.690. The van der Waals surface area contributed by atoms with Gasteiger partial charge >= 0.3 is 0 Å². The van der Waals surface area contributed by atoms with Gasteiger partial charge in [0.1, 0.15) is 0 Å². The lowest BCUT2D eigenvalue weighted by Crippen LogP contribution is -2.35. The number of anilines is 1. The molecule has 1 saturated heterocycles. The minimum absolute atomic E-state index is 0. The Labute approximate surface area is 130 Å². The molecule has 1 amide bonds. The number of thiazole rings is 1. The number of halogens is 1. The van der Waals surface area contributed by atoms with Crippen LogP contribution in [0.2, 0.25) is 0 Å². The molecule has 0 aromatic carbocycles. The van der Waals surface area contributed by atoms with E-state index in [-0.39, 0.29) is 18.3 Å². The number of rotatable bonds is 5. The topological polar surface area (TPSA) is 62.5 Å². The van der Waals surface area contributed by atoms with Crippen molar-refractivity contribution >= 4 is 34.8 Å². The number of likely N-dealkylation sites (tertiary alicyclic amines) is 1. The van der Waals surface area contributed by atoms with Gasteiger partial charge in [-0.2, -0.15) is 0 Å². The van der Waals surface area contributed by atoms with Crippen molar-refractivity contribution in [2.75, 3.05) is 24.5 Å². The van der Waals surface area contributed by atoms with Crippen molar-refractivity contribution in [2.45, 2.75) is 39.3 Å². The molecule has 1 aliphatic heterocycles. The Bertz CT molecular complexity index is 440. The van der Waals surface area contributed by atoms with Gasteiger partial charge in [-0.15, -0.1) is 23.7 Å². The number of carbonyl (C=O) groups excluding carboxylic acids is 1. The summed E-state index contributed by atoms with van der Waals surface area (Å²) < 4.78 is 0. The number of carbonyl (C=O) groups is 1. The molecule has 114 valence electrons. The summed E-state index contributed by atoms with van der Waals surface area (Å²) in [5.74, 6) is 0.0457. The van der Waals surface area contributed by atoms with Gasteiger partial charge in [0.05, 0.1) is 5.69 Å². The molecule has 1 aromatic rings. The lowest BCUT2D eigenvalue weighted by molar-refractivity contribution is -0.116. The van der Waals surface area contributed by atoms with Crippen LogP contribution in [-0.4, -0.2) is 41.5 Å². The monoisotopic (exact) mass is 318 g/mol. The van der Waals surface area contributed by atoms with Crippen LogP contribution in [0.25, 0.3) is 0 Å². The molecule has 1 atom stereocenters. The van der Waals surface area contributed by atoms with E-state index in [1.165, 1.54) is 24.2 Å². The fourth-order valence-electron chi connectivity index (χ4n) is 2.56. The fraction of sp³-hybridized carbons (Fsp3) is 0.692. The molecule has 1 aliphatic rings. The third-order valence-electron chi connectivity index (χ3n) is 3.60. The van der Waals surface area contributed by atoms with Crippen LogP contribution in [0, 0.1) is 0 Å². The van der Waals surface area contributed by atoms with Crippen molar-refractivity contribution in [3.8, 4) is 0 Å². The second kappa shape index (κ2) is 7.93. The Morgan fingerprint density at radius 3 is 3.00 bits per heavy atom. The first-order valence-corrected chi connectivity index (χ1v) is 7.70. The summed E-state index contributed by atoms with van der Waals surface area (Å²) >= 11 is 1.54. The molecule has 1 aromatic heterocycles. The fourth-order valence-corrected chi connectivity index (χ4v) is 3.49. The van der Waals surface area contributed by atoms with Crippen molar-refractivity contribution in [1.29, 1.82) is 0 Å². The maximum absolute atomic E-state index is 11.5. The summed E-state index contributed by atoms with van der Waals surface area (Å²) in [7, 11) is 0. The van der Waals surface area contributed by atoms with E-state index in [1.54, 1.807) is 11.8 Å². The number of aromatic nitrogens is 1. The van der Waals surface area contributed by atoms with Gasteiger partial charge in [0.15, 0.2) is 5.13 Å². The molecule has 0 saturated carbocycles. The third kappa shape index (κ3) is 3.91. The van der Waals surface area contributed by atoms with Crippen LogP contribution in [-0.2, 0) is 11.3 Å². The second-order valence-electron chi connectivity index (χ2n) is 4.89. The van der Waals surface area contributed by atoms with E-state index in [9.17, 15) is 4.79 Å². The van der Waals surface area contributed by atoms with Gasteiger partial charge < -0.3 is 5.73 Å². The van der Waals surface area contributed by atoms with Crippen LogP contribution in [0.1, 0.15) is 32.4 Å². The van der Waals surface area contributed by atoms with Gasteiger partial charge in [-0.1, -0.05) is 0 Å². The molecular formula is C13H23ClN4OS. The van der Waals surface area contributed by atoms with Crippen molar-refractivity contribution in [3.63, 3.8) is 0 Å². The molecule has 1 unspecified atom stereocenters. The summed E-state index contributed by atoms with van der Waals surface area (Å²) in [6.07, 6.45) is 2.40. The van der Waals surface area contributed by atoms with Crippen LogP contribution in [0.15, 0.2) is 5.38 Å². The first-order chi connectivity index (χ1) is 9.15. The van der Waals surface area contributed by atoms with E-state index >= 15 is 0 Å². The maximum Gasteiger partial charge on any atom is 0.225 e. The first kappa shape index (κ1) is 17.4. The zero-order chi connectivity index (χ0) is 13.8. The van der Waals surface area contributed by atoms with Gasteiger partial charge in [0, 0.05) is 38.0 Å². The van der Waals surface area contributed by atoms with Gasteiger partial charge in [-0.25, -0.2) is 4.98 Å². The van der Waals surface area contributed by atoms with E-state index < -0.39 is 0 Å². The Morgan fingerprint density at radius 1 is 1.65 bits per heavy atom. The predicted octanol–water partition coefficient (Wildman–Crippen LogP) is 1.86. The number of nitrogens with zero attached hydrogens (tertiary/aromatic N) is 3. The van der Waals surface area contributed by atoms with E-state index in [0.29, 0.717) is 19.1 Å². The molecule has 2 N–H and O–H groups in total. The average molecular weight is 319 g/mol. The first-order valence-electron chi connectivity index (χ1n) is 6.82. The standard InChI is InChI=1S/C13H22N4OS.ClH/c1-3-17(10(2)18)13-15-11(9-19-13)8-16-6-4-5-12(16)7-14;/h9,12H,3-8,14H2,1-2H3;1H. The largest absolute Gasteiger partial charge is 0.329 e. The van der Waals surface area contributed by atoms with Crippen LogP contribution in [0.5, 0.6) is 0 Å². The highest BCUT2D eigenvalue weighted by Crippen LogP contribution is 2.24. The number of hydrogen-bond donors (Lipinski definition) is 1. The minimum Gasteiger partial charge on any atom is -0.329 e. The summed E-state index contributed by atoms with van der Waals surface area (Å²) in [6, 6.07) is 0.486. The summed E-state index contributed by atoms with van der Waals surface area (Å²) in [5, 5.41) is 2.85. The lowest BCUT2D eigenvalue weighted by Gasteiger charge is -2.21. The average Bonchev–Trinajstić information content (AvgIpc) is 3.00. The normalized spacial score (nSPS) is 18.9. The molecule has 1 fully saturated rings. The number of nitrogens with two attached hydrogens (primary N) is 1. The molecular weight excluding hydrogens is 296 g/mol. The van der Waals surface area contributed by atoms with Gasteiger partial charge in [0.2, 0.25) is 5.91 Å². The van der Waals surface area contributed by atoms with Gasteiger partial charge in [-0.3, -0.25) is 14.6 Å². The molecule has 0 bridgehead atoms. The van der Waals surface area contributed by atoms with E-state index in [0.717, 1.165) is 23.9 Å². The highest BCUT2D eigenvalue weighted by Gasteiger charge is 2.24. The molecule has 2 heterocycles.